The molecule has 5 rings (SSSR count). The van der Waals surface area contributed by atoms with Crippen molar-refractivity contribution in [2.24, 2.45) is 11.8 Å². The zero-order valence-corrected chi connectivity index (χ0v) is 33.5. The third-order valence-electron chi connectivity index (χ3n) is 11.1. The van der Waals surface area contributed by atoms with Gasteiger partial charge in [0.05, 0.1) is 0 Å². The normalized spacial score (nSPS) is 22.7. The molecule has 1 N–H and O–H groups in total. The quantitative estimate of drug-likeness (QED) is 0.286. The number of hydrogen-bond donors (Lipinski definition) is 1. The summed E-state index contributed by atoms with van der Waals surface area (Å²) in [6.45, 7) is 19.4. The van der Waals surface area contributed by atoms with Gasteiger partial charge in [-0.3, -0.25) is 9.59 Å². The van der Waals surface area contributed by atoms with Crippen LogP contribution >= 0.6 is 23.2 Å². The fourth-order valence-corrected chi connectivity index (χ4v) is 9.52. The Morgan fingerprint density at radius 1 is 0.840 bits per heavy atom. The fraction of sp³-hybridized carbons (Fsp3) is 0.615. The largest absolute Gasteiger partial charge is 0.444 e. The van der Waals surface area contributed by atoms with Crippen LogP contribution in [0.5, 0.6) is 0 Å². The molecule has 1 saturated carbocycles. The standard InChI is InChI=1S/C39H55Cl2N3O5Si/c1-38(2,3)48-37(47)44-21-19-43(20-22-44)36(46)27-11-9-25(10-12-27)28-23-31(40)34(32(41)24-28)33(30-17-18-42-35(30)45)26-13-15-29(16-14-26)49-50(7,8)39(4,5)6/h9-12,23-24,26,29-30,33H,13-22H2,1-8H3,(H,42,45)/t26?,29?,30?,33-/m1/s1. The van der Waals surface area contributed by atoms with Gasteiger partial charge in [0.25, 0.3) is 5.91 Å². The highest BCUT2D eigenvalue weighted by molar-refractivity contribution is 6.74. The monoisotopic (exact) mass is 743 g/mol. The van der Waals surface area contributed by atoms with Gasteiger partial charge in [0, 0.05) is 66.3 Å². The van der Waals surface area contributed by atoms with E-state index in [1.807, 2.05) is 57.2 Å². The molecule has 0 spiro atoms. The second-order valence-corrected chi connectivity index (χ2v) is 22.4. The molecular weight excluding hydrogens is 689 g/mol. The second-order valence-electron chi connectivity index (χ2n) is 16.8. The molecule has 2 saturated heterocycles. The summed E-state index contributed by atoms with van der Waals surface area (Å²) in [5.74, 6) is 0.0395. The molecule has 1 aliphatic carbocycles. The lowest BCUT2D eigenvalue weighted by atomic mass is 9.69. The molecule has 3 fully saturated rings. The van der Waals surface area contributed by atoms with Crippen molar-refractivity contribution in [3.8, 4) is 11.1 Å². The molecule has 2 aromatic carbocycles. The molecule has 3 amide bonds. The van der Waals surface area contributed by atoms with Crippen LogP contribution in [0.25, 0.3) is 11.1 Å². The van der Waals surface area contributed by atoms with Crippen molar-refractivity contribution in [3.05, 3.63) is 57.6 Å². The molecule has 11 heteroatoms. The molecule has 0 bridgehead atoms. The number of nitrogens with one attached hydrogen (secondary N) is 1. The van der Waals surface area contributed by atoms with E-state index in [0.717, 1.165) is 48.8 Å². The summed E-state index contributed by atoms with van der Waals surface area (Å²) in [5, 5.41) is 4.35. The minimum atomic E-state index is -1.88. The molecule has 0 radical (unpaired) electrons. The Kier molecular flexibility index (Phi) is 11.7. The first-order valence-electron chi connectivity index (χ1n) is 18.2. The first-order valence-corrected chi connectivity index (χ1v) is 21.8. The van der Waals surface area contributed by atoms with Crippen LogP contribution in [0.2, 0.25) is 28.2 Å². The number of ether oxygens (including phenoxy) is 1. The summed E-state index contributed by atoms with van der Waals surface area (Å²) in [6.07, 6.45) is 4.54. The Labute approximate surface area is 309 Å². The van der Waals surface area contributed by atoms with Gasteiger partial charge in [-0.25, -0.2) is 4.79 Å². The van der Waals surface area contributed by atoms with Crippen molar-refractivity contribution < 1.29 is 23.5 Å². The summed E-state index contributed by atoms with van der Waals surface area (Å²) in [5.41, 5.74) is 2.63. The molecule has 8 nitrogen and oxygen atoms in total. The van der Waals surface area contributed by atoms with Crippen molar-refractivity contribution in [1.29, 1.82) is 0 Å². The average molecular weight is 745 g/mol. The Balaban J connectivity index is 1.28. The number of rotatable bonds is 7. The van der Waals surface area contributed by atoms with E-state index in [1.165, 1.54) is 0 Å². The maximum Gasteiger partial charge on any atom is 0.410 e. The molecular formula is C39H55Cl2N3O5Si. The van der Waals surface area contributed by atoms with E-state index in [2.05, 4.69) is 39.2 Å². The molecule has 274 valence electrons. The molecule has 2 aromatic rings. The Hall–Kier alpha value is -2.59. The second kappa shape index (κ2) is 15.2. The Bertz CT molecular complexity index is 1530. The highest BCUT2D eigenvalue weighted by atomic mass is 35.5. The lowest BCUT2D eigenvalue weighted by Crippen LogP contribution is -2.51. The van der Waals surface area contributed by atoms with Crippen LogP contribution in [0.3, 0.4) is 0 Å². The number of benzene rings is 2. The van der Waals surface area contributed by atoms with Gasteiger partial charge in [-0.05, 0) is 118 Å². The third kappa shape index (κ3) is 8.88. The summed E-state index contributed by atoms with van der Waals surface area (Å²) < 4.78 is 12.3. The smallest absolute Gasteiger partial charge is 0.410 e. The van der Waals surface area contributed by atoms with Crippen LogP contribution in [-0.2, 0) is 14.0 Å². The summed E-state index contributed by atoms with van der Waals surface area (Å²) >= 11 is 14.2. The lowest BCUT2D eigenvalue weighted by molar-refractivity contribution is -0.123. The number of carbonyl (C=O) groups excluding carboxylic acids is 3. The molecule has 2 aliphatic heterocycles. The van der Waals surface area contributed by atoms with Crippen LogP contribution in [-0.4, -0.2) is 80.5 Å². The number of amides is 3. The van der Waals surface area contributed by atoms with E-state index in [4.69, 9.17) is 32.4 Å². The van der Waals surface area contributed by atoms with Crippen molar-refractivity contribution in [1.82, 2.24) is 15.1 Å². The highest BCUT2D eigenvalue weighted by Gasteiger charge is 2.44. The van der Waals surface area contributed by atoms with E-state index < -0.39 is 13.9 Å². The number of piperazine rings is 1. The van der Waals surface area contributed by atoms with E-state index in [0.29, 0.717) is 48.3 Å². The van der Waals surface area contributed by atoms with Gasteiger partial charge < -0.3 is 24.3 Å². The van der Waals surface area contributed by atoms with Crippen molar-refractivity contribution in [3.63, 3.8) is 0 Å². The average Bonchev–Trinajstić information content (AvgIpc) is 3.46. The van der Waals surface area contributed by atoms with E-state index in [9.17, 15) is 14.4 Å². The Morgan fingerprint density at radius 3 is 1.90 bits per heavy atom. The van der Waals surface area contributed by atoms with Crippen molar-refractivity contribution >= 4 is 49.4 Å². The van der Waals surface area contributed by atoms with Crippen LogP contribution < -0.4 is 5.32 Å². The molecule has 1 unspecified atom stereocenters. The zero-order valence-electron chi connectivity index (χ0n) is 31.0. The van der Waals surface area contributed by atoms with Gasteiger partial charge in [0.1, 0.15) is 5.60 Å². The van der Waals surface area contributed by atoms with Crippen LogP contribution in [0.4, 0.5) is 4.79 Å². The van der Waals surface area contributed by atoms with Gasteiger partial charge in [-0.2, -0.15) is 0 Å². The predicted octanol–water partition coefficient (Wildman–Crippen LogP) is 9.15. The minimum Gasteiger partial charge on any atom is -0.444 e. The van der Waals surface area contributed by atoms with Crippen LogP contribution in [0, 0.1) is 11.8 Å². The molecule has 3 aliphatic rings. The van der Waals surface area contributed by atoms with Gasteiger partial charge in [0.15, 0.2) is 8.32 Å². The summed E-state index contributed by atoms with van der Waals surface area (Å²) in [7, 11) is -1.88. The van der Waals surface area contributed by atoms with Crippen molar-refractivity contribution in [2.45, 2.75) is 109 Å². The van der Waals surface area contributed by atoms with Crippen LogP contribution in [0.1, 0.15) is 95.5 Å². The fourth-order valence-electron chi connectivity index (χ4n) is 7.36. The maximum atomic E-state index is 13.3. The first-order chi connectivity index (χ1) is 23.3. The SMILES string of the molecule is CC(C)(C)OC(=O)N1CCN(C(=O)c2ccc(-c3cc(Cl)c([C@H](C4CCC(O[Si](C)(C)C(C)(C)C)CC4)C4CCNC4=O)c(Cl)c3)cc2)CC1. The zero-order chi connectivity index (χ0) is 36.6. The number of halogens is 2. The van der Waals surface area contributed by atoms with E-state index in [-0.39, 0.29) is 46.8 Å². The Morgan fingerprint density at radius 2 is 1.40 bits per heavy atom. The number of hydrogen-bond acceptors (Lipinski definition) is 5. The first kappa shape index (κ1) is 38.6. The van der Waals surface area contributed by atoms with Crippen molar-refractivity contribution in [2.75, 3.05) is 32.7 Å². The summed E-state index contributed by atoms with van der Waals surface area (Å²) in [6, 6.07) is 11.4. The van der Waals surface area contributed by atoms with Crippen LogP contribution in [0.15, 0.2) is 36.4 Å². The number of nitrogens with zero attached hydrogens (tertiary/aromatic N) is 2. The predicted molar refractivity (Wildman–Crippen MR) is 203 cm³/mol. The van der Waals surface area contributed by atoms with E-state index >= 15 is 0 Å². The topological polar surface area (TPSA) is 88.2 Å². The van der Waals surface area contributed by atoms with E-state index in [1.54, 1.807) is 9.80 Å². The minimum absolute atomic E-state index is 0.0730. The van der Waals surface area contributed by atoms with Gasteiger partial charge in [-0.1, -0.05) is 56.1 Å². The lowest BCUT2D eigenvalue weighted by Gasteiger charge is -2.43. The number of carbonyl (C=O) groups is 3. The summed E-state index contributed by atoms with van der Waals surface area (Å²) in [4.78, 5) is 42.3. The molecule has 0 aromatic heterocycles. The van der Waals surface area contributed by atoms with Gasteiger partial charge >= 0.3 is 6.09 Å². The third-order valence-corrected chi connectivity index (χ3v) is 16.3. The maximum absolute atomic E-state index is 13.3. The van der Waals surface area contributed by atoms with Gasteiger partial charge in [0.2, 0.25) is 5.91 Å². The molecule has 50 heavy (non-hydrogen) atoms. The highest BCUT2D eigenvalue weighted by Crippen LogP contribution is 2.49. The van der Waals surface area contributed by atoms with Gasteiger partial charge in [-0.15, -0.1) is 0 Å². The molecule has 2 atom stereocenters. The molecule has 2 heterocycles.